The van der Waals surface area contributed by atoms with Gasteiger partial charge in [-0.2, -0.15) is 0 Å². The van der Waals surface area contributed by atoms with Crippen LogP contribution in [0.25, 0.3) is 0 Å². The second-order valence-corrected chi connectivity index (χ2v) is 7.78. The summed E-state index contributed by atoms with van der Waals surface area (Å²) < 4.78 is 18.8. The molecule has 9 nitrogen and oxygen atoms in total. The first-order valence-electron chi connectivity index (χ1n) is 10.5. The standard InChI is InChI=1S/C21H26ClFN6O3/c1-2-32-18(31)10-14-6-3-5-13(28-14)9-17(30)29-19-20(22)26-12-27-21(19)25-11-16-15(23)7-4-8-24-16/h4,7-8,12-14,28H,2-3,5-6,9-11H2,1H3,(H,29,30)(H,25,26,27). The molecule has 3 N–H and O–H groups in total. The minimum atomic E-state index is -0.452. The summed E-state index contributed by atoms with van der Waals surface area (Å²) in [5.41, 5.74) is 0.424. The predicted molar refractivity (Wildman–Crippen MR) is 118 cm³/mol. The van der Waals surface area contributed by atoms with E-state index in [2.05, 4.69) is 30.9 Å². The van der Waals surface area contributed by atoms with E-state index in [-0.39, 0.29) is 65.7 Å². The van der Waals surface area contributed by atoms with Gasteiger partial charge >= 0.3 is 5.97 Å². The highest BCUT2D eigenvalue weighted by Crippen LogP contribution is 2.27. The van der Waals surface area contributed by atoms with Crippen LogP contribution in [0.5, 0.6) is 0 Å². The van der Waals surface area contributed by atoms with Crippen LogP contribution in [-0.4, -0.2) is 45.5 Å². The van der Waals surface area contributed by atoms with Gasteiger partial charge in [-0.05, 0) is 31.9 Å². The summed E-state index contributed by atoms with van der Waals surface area (Å²) in [7, 11) is 0. The molecule has 3 rings (SSSR count). The van der Waals surface area contributed by atoms with E-state index in [0.29, 0.717) is 6.61 Å². The first-order chi connectivity index (χ1) is 15.5. The van der Waals surface area contributed by atoms with Crippen molar-refractivity contribution in [1.29, 1.82) is 0 Å². The van der Waals surface area contributed by atoms with Crippen molar-refractivity contribution in [2.24, 2.45) is 0 Å². The van der Waals surface area contributed by atoms with Crippen LogP contribution < -0.4 is 16.0 Å². The number of hydrogen-bond donors (Lipinski definition) is 3. The number of ether oxygens (including phenoxy) is 1. The maximum Gasteiger partial charge on any atom is 0.307 e. The Labute approximate surface area is 190 Å². The lowest BCUT2D eigenvalue weighted by Crippen LogP contribution is -2.45. The van der Waals surface area contributed by atoms with Gasteiger partial charge in [-0.25, -0.2) is 14.4 Å². The molecule has 2 aromatic rings. The van der Waals surface area contributed by atoms with E-state index < -0.39 is 5.82 Å². The summed E-state index contributed by atoms with van der Waals surface area (Å²) in [4.78, 5) is 36.4. The number of esters is 1. The van der Waals surface area contributed by atoms with Crippen LogP contribution in [0, 0.1) is 5.82 Å². The molecule has 2 atom stereocenters. The van der Waals surface area contributed by atoms with E-state index in [1.54, 1.807) is 6.92 Å². The minimum absolute atomic E-state index is 0.0188. The highest BCUT2D eigenvalue weighted by Gasteiger charge is 2.26. The number of anilines is 2. The Balaban J connectivity index is 1.58. The fraction of sp³-hybridized carbons (Fsp3) is 0.476. The molecule has 2 aromatic heterocycles. The zero-order valence-electron chi connectivity index (χ0n) is 17.7. The van der Waals surface area contributed by atoms with Crippen LogP contribution in [0.1, 0.15) is 44.7 Å². The van der Waals surface area contributed by atoms with Crippen molar-refractivity contribution in [2.75, 3.05) is 17.2 Å². The van der Waals surface area contributed by atoms with Crippen LogP contribution in [0.2, 0.25) is 5.15 Å². The van der Waals surface area contributed by atoms with E-state index in [0.717, 1.165) is 19.3 Å². The summed E-state index contributed by atoms with van der Waals surface area (Å²) >= 11 is 6.18. The second kappa shape index (κ2) is 11.7. The molecular weight excluding hydrogens is 439 g/mol. The van der Waals surface area contributed by atoms with E-state index in [1.165, 1.54) is 24.7 Å². The number of hydrogen-bond acceptors (Lipinski definition) is 8. The van der Waals surface area contributed by atoms with Crippen molar-refractivity contribution in [2.45, 2.75) is 57.7 Å². The Bertz CT molecular complexity index is 948. The van der Waals surface area contributed by atoms with Gasteiger partial charge < -0.3 is 20.7 Å². The molecule has 0 radical (unpaired) electrons. The number of carbonyl (C=O) groups excluding carboxylic acids is 2. The van der Waals surface area contributed by atoms with Crippen LogP contribution in [0.15, 0.2) is 24.7 Å². The largest absolute Gasteiger partial charge is 0.466 e. The Kier molecular flexibility index (Phi) is 8.69. The lowest BCUT2D eigenvalue weighted by atomic mass is 9.94. The Morgan fingerprint density at radius 3 is 2.78 bits per heavy atom. The molecule has 1 saturated heterocycles. The van der Waals surface area contributed by atoms with Crippen molar-refractivity contribution < 1.29 is 18.7 Å². The van der Waals surface area contributed by atoms with Gasteiger partial charge in [0.2, 0.25) is 5.91 Å². The van der Waals surface area contributed by atoms with E-state index in [1.807, 2.05) is 0 Å². The summed E-state index contributed by atoms with van der Waals surface area (Å²) in [6.45, 7) is 2.18. The third-order valence-corrected chi connectivity index (χ3v) is 5.34. The number of pyridine rings is 1. The van der Waals surface area contributed by atoms with E-state index in [9.17, 15) is 14.0 Å². The van der Waals surface area contributed by atoms with Crippen molar-refractivity contribution in [3.8, 4) is 0 Å². The molecule has 1 amide bonds. The zero-order valence-corrected chi connectivity index (χ0v) is 18.5. The third kappa shape index (κ3) is 6.83. The Morgan fingerprint density at radius 2 is 2.03 bits per heavy atom. The number of aromatic nitrogens is 3. The Hall–Kier alpha value is -2.85. The first kappa shape index (κ1) is 23.8. The molecule has 3 heterocycles. The molecule has 0 aromatic carbocycles. The van der Waals surface area contributed by atoms with Crippen molar-refractivity contribution in [3.63, 3.8) is 0 Å². The van der Waals surface area contributed by atoms with Crippen molar-refractivity contribution in [1.82, 2.24) is 20.3 Å². The SMILES string of the molecule is CCOC(=O)CC1CCCC(CC(=O)Nc2c(Cl)ncnc2NCc2ncccc2F)N1. The van der Waals surface area contributed by atoms with Crippen LogP contribution in [-0.2, 0) is 20.9 Å². The van der Waals surface area contributed by atoms with Crippen LogP contribution >= 0.6 is 11.6 Å². The number of amides is 1. The summed E-state index contributed by atoms with van der Waals surface area (Å²) in [5.74, 6) is -0.710. The maximum absolute atomic E-state index is 13.8. The summed E-state index contributed by atoms with van der Waals surface area (Å²) in [6.07, 6.45) is 5.79. The van der Waals surface area contributed by atoms with Gasteiger partial charge in [0.15, 0.2) is 11.0 Å². The lowest BCUT2D eigenvalue weighted by molar-refractivity contribution is -0.143. The number of carbonyl (C=O) groups is 2. The highest BCUT2D eigenvalue weighted by atomic mass is 35.5. The molecule has 172 valence electrons. The average molecular weight is 465 g/mol. The number of nitrogens with zero attached hydrogens (tertiary/aromatic N) is 3. The average Bonchev–Trinajstić information content (AvgIpc) is 2.75. The molecule has 11 heteroatoms. The van der Waals surface area contributed by atoms with Gasteiger partial charge in [0, 0.05) is 24.7 Å². The van der Waals surface area contributed by atoms with Gasteiger partial charge in [-0.15, -0.1) is 0 Å². The van der Waals surface area contributed by atoms with Gasteiger partial charge in [-0.1, -0.05) is 18.0 Å². The molecule has 0 saturated carbocycles. The predicted octanol–water partition coefficient (Wildman–Crippen LogP) is 3.07. The van der Waals surface area contributed by atoms with Crippen molar-refractivity contribution >= 4 is 35.0 Å². The highest BCUT2D eigenvalue weighted by molar-refractivity contribution is 6.33. The number of nitrogens with one attached hydrogen (secondary N) is 3. The quantitative estimate of drug-likeness (QED) is 0.383. The lowest BCUT2D eigenvalue weighted by Gasteiger charge is -2.30. The summed E-state index contributed by atoms with van der Waals surface area (Å²) in [5, 5.41) is 9.10. The summed E-state index contributed by atoms with van der Waals surface area (Å²) in [6, 6.07) is 2.72. The topological polar surface area (TPSA) is 118 Å². The van der Waals surface area contributed by atoms with Gasteiger partial charge in [0.05, 0.1) is 25.3 Å². The minimum Gasteiger partial charge on any atom is -0.466 e. The smallest absolute Gasteiger partial charge is 0.307 e. The molecule has 1 aliphatic rings. The molecule has 32 heavy (non-hydrogen) atoms. The fourth-order valence-electron chi connectivity index (χ4n) is 3.59. The normalized spacial score (nSPS) is 18.1. The molecule has 0 aliphatic carbocycles. The zero-order chi connectivity index (χ0) is 22.9. The second-order valence-electron chi connectivity index (χ2n) is 7.43. The molecular formula is C21H26ClFN6O3. The third-order valence-electron chi connectivity index (χ3n) is 5.05. The number of rotatable bonds is 9. The molecule has 1 fully saturated rings. The van der Waals surface area contributed by atoms with Crippen LogP contribution in [0.4, 0.5) is 15.9 Å². The van der Waals surface area contributed by atoms with Crippen molar-refractivity contribution in [3.05, 3.63) is 41.3 Å². The Morgan fingerprint density at radius 1 is 1.25 bits per heavy atom. The molecule has 0 bridgehead atoms. The van der Waals surface area contributed by atoms with E-state index in [4.69, 9.17) is 16.3 Å². The monoisotopic (exact) mass is 464 g/mol. The van der Waals surface area contributed by atoms with Gasteiger partial charge in [0.1, 0.15) is 17.8 Å². The van der Waals surface area contributed by atoms with Gasteiger partial charge in [-0.3, -0.25) is 14.6 Å². The van der Waals surface area contributed by atoms with Crippen LogP contribution in [0.3, 0.4) is 0 Å². The maximum atomic E-state index is 13.8. The van der Waals surface area contributed by atoms with E-state index >= 15 is 0 Å². The number of halogens is 2. The van der Waals surface area contributed by atoms with Gasteiger partial charge in [0.25, 0.3) is 0 Å². The number of piperidine rings is 1. The molecule has 0 spiro atoms. The first-order valence-corrected chi connectivity index (χ1v) is 10.9. The fourth-order valence-corrected chi connectivity index (χ4v) is 3.77. The molecule has 1 aliphatic heterocycles. The molecule has 2 unspecified atom stereocenters.